The standard InChI is InChI=1S/C26H30N2O6/c29-23(28-26(24(30)31)12-6-1-7-13-26)17-33-15-14-27-25(32)34-16-22-20-10-4-2-8-18(20)19-9-3-5-11-21(19)22/h2-5,8-11,22H,1,6-7,12-17H2,(H,27,32)(H,28,29)(H,30,31). The minimum absolute atomic E-state index is 0.0144. The molecule has 2 aromatic carbocycles. The molecule has 8 heteroatoms. The van der Waals surface area contributed by atoms with E-state index in [0.717, 1.165) is 41.5 Å². The second-order valence-corrected chi connectivity index (χ2v) is 8.80. The topological polar surface area (TPSA) is 114 Å². The van der Waals surface area contributed by atoms with E-state index in [1.807, 2.05) is 24.3 Å². The fraction of sp³-hybridized carbons (Fsp3) is 0.423. The zero-order valence-corrected chi connectivity index (χ0v) is 19.0. The van der Waals surface area contributed by atoms with Crippen molar-refractivity contribution in [3.63, 3.8) is 0 Å². The number of carboxylic acid groups (broad SMARTS) is 1. The molecule has 1 saturated carbocycles. The SMILES string of the molecule is O=C(COCCNC(=O)OCC1c2ccccc2-c2ccccc21)NC1(C(=O)O)CCCCC1. The summed E-state index contributed by atoms with van der Waals surface area (Å²) in [6.07, 6.45) is 2.83. The van der Waals surface area contributed by atoms with Gasteiger partial charge >= 0.3 is 12.1 Å². The molecule has 0 spiro atoms. The van der Waals surface area contributed by atoms with E-state index in [1.54, 1.807) is 0 Å². The second-order valence-electron chi connectivity index (χ2n) is 8.80. The highest BCUT2D eigenvalue weighted by atomic mass is 16.5. The first-order valence-corrected chi connectivity index (χ1v) is 11.7. The molecule has 0 bridgehead atoms. The summed E-state index contributed by atoms with van der Waals surface area (Å²) >= 11 is 0. The smallest absolute Gasteiger partial charge is 0.407 e. The first-order chi connectivity index (χ1) is 16.5. The lowest BCUT2D eigenvalue weighted by atomic mass is 9.81. The molecule has 0 unspecified atom stereocenters. The number of amides is 2. The Morgan fingerprint density at radius 1 is 0.941 bits per heavy atom. The van der Waals surface area contributed by atoms with E-state index >= 15 is 0 Å². The lowest BCUT2D eigenvalue weighted by molar-refractivity contribution is -0.150. The number of carbonyl (C=O) groups excluding carboxylic acids is 2. The van der Waals surface area contributed by atoms with Crippen LogP contribution in [0.25, 0.3) is 11.1 Å². The zero-order chi connectivity index (χ0) is 24.0. The van der Waals surface area contributed by atoms with Crippen LogP contribution in [-0.2, 0) is 19.1 Å². The third-order valence-electron chi connectivity index (χ3n) is 6.59. The molecule has 2 aliphatic rings. The van der Waals surface area contributed by atoms with Crippen LogP contribution in [0.15, 0.2) is 48.5 Å². The van der Waals surface area contributed by atoms with E-state index in [4.69, 9.17) is 9.47 Å². The molecule has 2 aromatic rings. The minimum atomic E-state index is -1.20. The van der Waals surface area contributed by atoms with Crippen LogP contribution in [0, 0.1) is 0 Å². The second kappa shape index (κ2) is 10.7. The van der Waals surface area contributed by atoms with Crippen molar-refractivity contribution in [1.82, 2.24) is 10.6 Å². The maximum absolute atomic E-state index is 12.2. The monoisotopic (exact) mass is 466 g/mol. The van der Waals surface area contributed by atoms with E-state index in [0.29, 0.717) is 12.8 Å². The Hall–Kier alpha value is -3.39. The van der Waals surface area contributed by atoms with Crippen LogP contribution in [0.5, 0.6) is 0 Å². The van der Waals surface area contributed by atoms with Gasteiger partial charge in [-0.1, -0.05) is 67.8 Å². The summed E-state index contributed by atoms with van der Waals surface area (Å²) in [6.45, 7) is 0.244. The predicted octanol–water partition coefficient (Wildman–Crippen LogP) is 3.45. The molecule has 4 rings (SSSR count). The van der Waals surface area contributed by atoms with Gasteiger partial charge in [0.15, 0.2) is 0 Å². The maximum atomic E-state index is 12.2. The number of rotatable bonds is 9. The van der Waals surface area contributed by atoms with E-state index in [9.17, 15) is 19.5 Å². The predicted molar refractivity (Wildman–Crippen MR) is 125 cm³/mol. The van der Waals surface area contributed by atoms with Crippen molar-refractivity contribution < 1.29 is 29.0 Å². The molecule has 0 heterocycles. The third kappa shape index (κ3) is 5.22. The highest BCUT2D eigenvalue weighted by Gasteiger charge is 2.40. The Morgan fingerprint density at radius 3 is 2.18 bits per heavy atom. The number of fused-ring (bicyclic) bond motifs is 3. The molecular formula is C26H30N2O6. The van der Waals surface area contributed by atoms with Crippen LogP contribution >= 0.6 is 0 Å². The van der Waals surface area contributed by atoms with Gasteiger partial charge in [-0.25, -0.2) is 9.59 Å². The molecule has 2 amide bonds. The zero-order valence-electron chi connectivity index (χ0n) is 19.0. The van der Waals surface area contributed by atoms with Crippen LogP contribution < -0.4 is 10.6 Å². The fourth-order valence-corrected chi connectivity index (χ4v) is 4.89. The Labute approximate surface area is 198 Å². The number of carboxylic acids is 1. The van der Waals surface area contributed by atoms with Gasteiger partial charge in [-0.2, -0.15) is 0 Å². The Bertz CT molecular complexity index is 1000. The van der Waals surface area contributed by atoms with Crippen LogP contribution in [-0.4, -0.2) is 55.0 Å². The van der Waals surface area contributed by atoms with E-state index in [1.165, 1.54) is 0 Å². The van der Waals surface area contributed by atoms with E-state index < -0.39 is 23.5 Å². The van der Waals surface area contributed by atoms with Crippen LogP contribution in [0.4, 0.5) is 4.79 Å². The number of hydrogen-bond donors (Lipinski definition) is 3. The van der Waals surface area contributed by atoms with Crippen LogP contribution in [0.2, 0.25) is 0 Å². The van der Waals surface area contributed by atoms with Crippen molar-refractivity contribution >= 4 is 18.0 Å². The average Bonchev–Trinajstić information content (AvgIpc) is 3.17. The van der Waals surface area contributed by atoms with Crippen LogP contribution in [0.1, 0.15) is 49.1 Å². The van der Waals surface area contributed by atoms with Gasteiger partial charge in [0.25, 0.3) is 0 Å². The molecule has 34 heavy (non-hydrogen) atoms. The summed E-state index contributed by atoms with van der Waals surface area (Å²) in [4.78, 5) is 36.0. The van der Waals surface area contributed by atoms with Gasteiger partial charge in [0.2, 0.25) is 5.91 Å². The minimum Gasteiger partial charge on any atom is -0.480 e. The number of aliphatic carboxylic acids is 1. The maximum Gasteiger partial charge on any atom is 0.407 e. The number of benzene rings is 2. The molecule has 0 aliphatic heterocycles. The molecule has 0 atom stereocenters. The normalized spacial score (nSPS) is 16.2. The molecule has 2 aliphatic carbocycles. The molecule has 0 saturated heterocycles. The van der Waals surface area contributed by atoms with Crippen molar-refractivity contribution in [1.29, 1.82) is 0 Å². The van der Waals surface area contributed by atoms with Gasteiger partial charge < -0.3 is 25.2 Å². The Morgan fingerprint density at radius 2 is 1.56 bits per heavy atom. The molecule has 0 radical (unpaired) electrons. The van der Waals surface area contributed by atoms with E-state index in [2.05, 4.69) is 34.9 Å². The van der Waals surface area contributed by atoms with E-state index in [-0.39, 0.29) is 32.3 Å². The quantitative estimate of drug-likeness (QED) is 0.488. The summed E-state index contributed by atoms with van der Waals surface area (Å²) in [6, 6.07) is 16.2. The molecule has 1 fully saturated rings. The van der Waals surface area contributed by atoms with Crippen molar-refractivity contribution in [2.24, 2.45) is 0 Å². The largest absolute Gasteiger partial charge is 0.480 e. The van der Waals surface area contributed by atoms with Crippen molar-refractivity contribution in [3.8, 4) is 11.1 Å². The average molecular weight is 467 g/mol. The number of hydrogen-bond acceptors (Lipinski definition) is 5. The summed E-state index contributed by atoms with van der Waals surface area (Å²) < 4.78 is 10.8. The summed E-state index contributed by atoms with van der Waals surface area (Å²) in [7, 11) is 0. The Balaban J connectivity index is 1.17. The van der Waals surface area contributed by atoms with Crippen molar-refractivity contribution in [2.45, 2.75) is 43.6 Å². The molecule has 3 N–H and O–H groups in total. The lowest BCUT2D eigenvalue weighted by Gasteiger charge is -2.33. The van der Waals surface area contributed by atoms with Crippen molar-refractivity contribution in [2.75, 3.05) is 26.4 Å². The molecule has 0 aromatic heterocycles. The van der Waals surface area contributed by atoms with Gasteiger partial charge in [-0.15, -0.1) is 0 Å². The van der Waals surface area contributed by atoms with Gasteiger partial charge in [-0.3, -0.25) is 4.79 Å². The lowest BCUT2D eigenvalue weighted by Crippen LogP contribution is -2.56. The van der Waals surface area contributed by atoms with Crippen LogP contribution in [0.3, 0.4) is 0 Å². The number of ether oxygens (including phenoxy) is 2. The number of carbonyl (C=O) groups is 3. The van der Waals surface area contributed by atoms with Gasteiger partial charge in [0.05, 0.1) is 6.61 Å². The number of nitrogens with one attached hydrogen (secondary N) is 2. The van der Waals surface area contributed by atoms with Crippen molar-refractivity contribution in [3.05, 3.63) is 59.7 Å². The summed E-state index contributed by atoms with van der Waals surface area (Å²) in [5.74, 6) is -1.48. The molecule has 180 valence electrons. The summed E-state index contributed by atoms with van der Waals surface area (Å²) in [5, 5.41) is 14.8. The first kappa shape index (κ1) is 23.8. The molecular weight excluding hydrogens is 436 g/mol. The van der Waals surface area contributed by atoms with Gasteiger partial charge in [0.1, 0.15) is 18.8 Å². The van der Waals surface area contributed by atoms with Gasteiger partial charge in [0, 0.05) is 12.5 Å². The number of alkyl carbamates (subject to hydrolysis) is 1. The third-order valence-corrected chi connectivity index (χ3v) is 6.59. The highest BCUT2D eigenvalue weighted by Crippen LogP contribution is 2.44. The Kier molecular flexibility index (Phi) is 7.47. The highest BCUT2D eigenvalue weighted by molar-refractivity contribution is 5.87. The van der Waals surface area contributed by atoms with Gasteiger partial charge in [-0.05, 0) is 35.1 Å². The first-order valence-electron chi connectivity index (χ1n) is 11.7. The fourth-order valence-electron chi connectivity index (χ4n) is 4.89. The molecule has 8 nitrogen and oxygen atoms in total. The summed E-state index contributed by atoms with van der Waals surface area (Å²) in [5.41, 5.74) is 3.41.